The van der Waals surface area contributed by atoms with Crippen molar-refractivity contribution >= 4 is 39.0 Å². The average molecular weight is 418 g/mol. The number of nitrogens with one attached hydrogen (secondary N) is 1. The topological polar surface area (TPSA) is 92.9 Å². The van der Waals surface area contributed by atoms with E-state index >= 15 is 0 Å². The SMILES string of the molecule is Cc1cccnc1-c1nc2cc(Nc3ccc(C)c(N4CC[C@H](N)C4)n3)ncc2s1. The van der Waals surface area contributed by atoms with Crippen molar-refractivity contribution in [1.82, 2.24) is 19.9 Å². The number of hydrogen-bond acceptors (Lipinski definition) is 8. The van der Waals surface area contributed by atoms with Gasteiger partial charge in [-0.05, 0) is 43.5 Å². The molecule has 0 unspecified atom stereocenters. The lowest BCUT2D eigenvalue weighted by atomic mass is 10.2. The van der Waals surface area contributed by atoms with E-state index in [0.717, 1.165) is 69.0 Å². The van der Waals surface area contributed by atoms with Crippen LogP contribution in [0.1, 0.15) is 17.5 Å². The number of rotatable bonds is 4. The Morgan fingerprint density at radius 1 is 1.10 bits per heavy atom. The number of fused-ring (bicyclic) bond motifs is 1. The van der Waals surface area contributed by atoms with Gasteiger partial charge in [-0.2, -0.15) is 0 Å². The standard InChI is InChI=1S/C22H23N7S/c1-13-4-3-8-24-20(13)22-26-16-10-19(25-11-17(16)30-22)27-18-6-5-14(2)21(28-18)29-9-7-15(23)12-29/h3-6,8,10-11,15H,7,9,12,23H2,1-2H3,(H,25,27,28)/t15-/m0/s1. The first-order chi connectivity index (χ1) is 14.6. The Kier molecular flexibility index (Phi) is 4.80. The molecule has 3 N–H and O–H groups in total. The van der Waals surface area contributed by atoms with E-state index in [1.54, 1.807) is 17.5 Å². The first-order valence-electron chi connectivity index (χ1n) is 10.0. The molecule has 4 aromatic heterocycles. The van der Waals surface area contributed by atoms with Gasteiger partial charge in [-0.1, -0.05) is 12.1 Å². The third kappa shape index (κ3) is 3.59. The van der Waals surface area contributed by atoms with Crippen LogP contribution >= 0.6 is 11.3 Å². The molecule has 1 fully saturated rings. The van der Waals surface area contributed by atoms with E-state index in [9.17, 15) is 0 Å². The van der Waals surface area contributed by atoms with Crippen LogP contribution in [-0.4, -0.2) is 39.1 Å². The van der Waals surface area contributed by atoms with Gasteiger partial charge in [0.25, 0.3) is 0 Å². The van der Waals surface area contributed by atoms with Crippen LogP contribution in [0.2, 0.25) is 0 Å². The van der Waals surface area contributed by atoms with Crippen LogP contribution in [-0.2, 0) is 0 Å². The molecule has 0 bridgehead atoms. The van der Waals surface area contributed by atoms with E-state index in [1.807, 2.05) is 37.4 Å². The summed E-state index contributed by atoms with van der Waals surface area (Å²) in [5.74, 6) is 2.46. The van der Waals surface area contributed by atoms with Gasteiger partial charge < -0.3 is 16.0 Å². The third-order valence-electron chi connectivity index (χ3n) is 5.34. The predicted molar refractivity (Wildman–Crippen MR) is 122 cm³/mol. The zero-order valence-electron chi connectivity index (χ0n) is 17.0. The van der Waals surface area contributed by atoms with Gasteiger partial charge in [0, 0.05) is 37.6 Å². The first kappa shape index (κ1) is 18.9. The molecule has 0 radical (unpaired) electrons. The molecule has 8 heteroatoms. The minimum atomic E-state index is 0.216. The Labute approximate surface area is 179 Å². The molecule has 0 saturated carbocycles. The van der Waals surface area contributed by atoms with Crippen molar-refractivity contribution in [2.75, 3.05) is 23.3 Å². The number of aryl methyl sites for hydroxylation is 2. The van der Waals surface area contributed by atoms with Crippen LogP contribution in [0, 0.1) is 13.8 Å². The van der Waals surface area contributed by atoms with Gasteiger partial charge in [-0.25, -0.2) is 15.0 Å². The van der Waals surface area contributed by atoms with E-state index in [2.05, 4.69) is 33.2 Å². The molecular weight excluding hydrogens is 394 g/mol. The molecule has 0 aromatic carbocycles. The predicted octanol–water partition coefficient (Wildman–Crippen LogP) is 4.05. The Morgan fingerprint density at radius 3 is 2.80 bits per heavy atom. The minimum absolute atomic E-state index is 0.216. The maximum atomic E-state index is 6.07. The van der Waals surface area contributed by atoms with Gasteiger partial charge in [0.05, 0.1) is 10.2 Å². The van der Waals surface area contributed by atoms with E-state index < -0.39 is 0 Å². The van der Waals surface area contributed by atoms with Crippen LogP contribution in [0.15, 0.2) is 42.7 Å². The fourth-order valence-corrected chi connectivity index (χ4v) is 4.71. The van der Waals surface area contributed by atoms with Gasteiger partial charge >= 0.3 is 0 Å². The quantitative estimate of drug-likeness (QED) is 0.517. The molecule has 1 aliphatic heterocycles. The van der Waals surface area contributed by atoms with Crippen LogP contribution in [0.3, 0.4) is 0 Å². The second-order valence-electron chi connectivity index (χ2n) is 7.68. The lowest BCUT2D eigenvalue weighted by Gasteiger charge is -2.20. The second kappa shape index (κ2) is 7.62. The second-order valence-corrected chi connectivity index (χ2v) is 8.71. The molecule has 30 heavy (non-hydrogen) atoms. The third-order valence-corrected chi connectivity index (χ3v) is 6.35. The molecule has 7 nitrogen and oxygen atoms in total. The normalized spacial score (nSPS) is 16.4. The van der Waals surface area contributed by atoms with E-state index in [4.69, 9.17) is 15.7 Å². The van der Waals surface area contributed by atoms with Crippen LogP contribution < -0.4 is 16.0 Å². The summed E-state index contributed by atoms with van der Waals surface area (Å²) in [6, 6.07) is 10.2. The average Bonchev–Trinajstić information content (AvgIpc) is 3.35. The molecule has 0 amide bonds. The van der Waals surface area contributed by atoms with Crippen molar-refractivity contribution in [3.63, 3.8) is 0 Å². The van der Waals surface area contributed by atoms with Crippen molar-refractivity contribution in [2.45, 2.75) is 26.3 Å². The molecule has 5 rings (SSSR count). The number of aromatic nitrogens is 4. The summed E-state index contributed by atoms with van der Waals surface area (Å²) in [4.78, 5) is 20.9. The number of pyridine rings is 3. The number of anilines is 3. The van der Waals surface area contributed by atoms with Gasteiger partial charge in [-0.15, -0.1) is 11.3 Å². The molecule has 1 saturated heterocycles. The number of nitrogens with zero attached hydrogens (tertiary/aromatic N) is 5. The molecule has 5 heterocycles. The van der Waals surface area contributed by atoms with Crippen molar-refractivity contribution in [3.05, 3.63) is 53.9 Å². The molecular formula is C22H23N7S. The summed E-state index contributed by atoms with van der Waals surface area (Å²) in [6.07, 6.45) is 4.65. The monoisotopic (exact) mass is 417 g/mol. The maximum Gasteiger partial charge on any atom is 0.143 e. The zero-order valence-corrected chi connectivity index (χ0v) is 17.8. The fraction of sp³-hybridized carbons (Fsp3) is 0.273. The highest BCUT2D eigenvalue weighted by molar-refractivity contribution is 7.21. The van der Waals surface area contributed by atoms with Crippen molar-refractivity contribution in [3.8, 4) is 10.7 Å². The fourth-order valence-electron chi connectivity index (χ4n) is 3.73. The van der Waals surface area contributed by atoms with Crippen molar-refractivity contribution < 1.29 is 0 Å². The van der Waals surface area contributed by atoms with E-state index in [0.29, 0.717) is 0 Å². The summed E-state index contributed by atoms with van der Waals surface area (Å²) in [7, 11) is 0. The van der Waals surface area contributed by atoms with Gasteiger partial charge in [0.1, 0.15) is 28.2 Å². The number of nitrogens with two attached hydrogens (primary N) is 1. The molecule has 0 aliphatic carbocycles. The van der Waals surface area contributed by atoms with Crippen LogP contribution in [0.25, 0.3) is 20.9 Å². The largest absolute Gasteiger partial charge is 0.355 e. The Balaban J connectivity index is 1.43. The lowest BCUT2D eigenvalue weighted by molar-refractivity contribution is 0.751. The highest BCUT2D eigenvalue weighted by Crippen LogP contribution is 2.32. The molecule has 0 spiro atoms. The Bertz CT molecular complexity index is 1220. The van der Waals surface area contributed by atoms with Gasteiger partial charge in [0.15, 0.2) is 0 Å². The Hall–Kier alpha value is -3.10. The zero-order chi connectivity index (χ0) is 20.7. The minimum Gasteiger partial charge on any atom is -0.355 e. The number of hydrogen-bond donors (Lipinski definition) is 2. The summed E-state index contributed by atoms with van der Waals surface area (Å²) < 4.78 is 1.03. The number of thiazole rings is 1. The molecule has 1 aliphatic rings. The molecule has 1 atom stereocenters. The van der Waals surface area contributed by atoms with Gasteiger partial charge in [0.2, 0.25) is 0 Å². The summed E-state index contributed by atoms with van der Waals surface area (Å²) in [6.45, 7) is 5.91. The van der Waals surface area contributed by atoms with Crippen LogP contribution in [0.4, 0.5) is 17.5 Å². The van der Waals surface area contributed by atoms with Crippen LogP contribution in [0.5, 0.6) is 0 Å². The van der Waals surface area contributed by atoms with Gasteiger partial charge in [-0.3, -0.25) is 4.98 Å². The first-order valence-corrected chi connectivity index (χ1v) is 10.8. The van der Waals surface area contributed by atoms with E-state index in [-0.39, 0.29) is 6.04 Å². The van der Waals surface area contributed by atoms with E-state index in [1.165, 1.54) is 0 Å². The maximum absolute atomic E-state index is 6.07. The highest BCUT2D eigenvalue weighted by Gasteiger charge is 2.22. The summed E-state index contributed by atoms with van der Waals surface area (Å²) in [5.41, 5.74) is 10.1. The van der Waals surface area contributed by atoms with Crippen molar-refractivity contribution in [1.29, 1.82) is 0 Å². The van der Waals surface area contributed by atoms with Crippen molar-refractivity contribution in [2.24, 2.45) is 5.73 Å². The summed E-state index contributed by atoms with van der Waals surface area (Å²) >= 11 is 1.60. The Morgan fingerprint density at radius 2 is 2.00 bits per heavy atom. The molecule has 152 valence electrons. The smallest absolute Gasteiger partial charge is 0.143 e. The lowest BCUT2D eigenvalue weighted by Crippen LogP contribution is -2.27. The molecule has 4 aromatic rings. The summed E-state index contributed by atoms with van der Waals surface area (Å²) in [5, 5.41) is 4.23. The highest BCUT2D eigenvalue weighted by atomic mass is 32.1.